The van der Waals surface area contributed by atoms with Crippen LogP contribution < -0.4 is 10.1 Å². The van der Waals surface area contributed by atoms with E-state index in [4.69, 9.17) is 16.3 Å². The van der Waals surface area contributed by atoms with E-state index in [0.717, 1.165) is 17.0 Å². The van der Waals surface area contributed by atoms with Gasteiger partial charge in [0.2, 0.25) is 5.91 Å². The standard InChI is InChI=1S/C17H18ClNO2/c1-12(2)21-15-9-7-14(8-10-15)19-17(20)11-13-5-3-4-6-16(13)18/h3-10,12H,11H2,1-2H3,(H,19,20). The molecule has 0 saturated carbocycles. The third-order valence-electron chi connectivity index (χ3n) is 2.82. The fourth-order valence-corrected chi connectivity index (χ4v) is 2.11. The Morgan fingerprint density at radius 2 is 1.81 bits per heavy atom. The minimum atomic E-state index is -0.0966. The molecule has 4 heteroatoms. The minimum Gasteiger partial charge on any atom is -0.491 e. The molecule has 0 fully saturated rings. The summed E-state index contributed by atoms with van der Waals surface area (Å²) in [6, 6.07) is 14.7. The average Bonchev–Trinajstić information content (AvgIpc) is 2.43. The van der Waals surface area contributed by atoms with Gasteiger partial charge in [-0.15, -0.1) is 0 Å². The Morgan fingerprint density at radius 3 is 2.43 bits per heavy atom. The third kappa shape index (κ3) is 4.80. The molecule has 0 heterocycles. The highest BCUT2D eigenvalue weighted by molar-refractivity contribution is 6.31. The number of hydrogen-bond acceptors (Lipinski definition) is 2. The summed E-state index contributed by atoms with van der Waals surface area (Å²) in [5, 5.41) is 3.45. The molecule has 0 aliphatic rings. The lowest BCUT2D eigenvalue weighted by Crippen LogP contribution is -2.14. The maximum Gasteiger partial charge on any atom is 0.228 e. The van der Waals surface area contributed by atoms with Crippen molar-refractivity contribution in [1.29, 1.82) is 0 Å². The molecule has 3 nitrogen and oxygen atoms in total. The lowest BCUT2D eigenvalue weighted by atomic mass is 10.1. The van der Waals surface area contributed by atoms with E-state index in [1.54, 1.807) is 6.07 Å². The lowest BCUT2D eigenvalue weighted by Gasteiger charge is -2.11. The zero-order chi connectivity index (χ0) is 15.2. The predicted molar refractivity (Wildman–Crippen MR) is 86.0 cm³/mol. The molecule has 2 rings (SSSR count). The molecule has 1 amide bonds. The first-order valence-corrected chi connectivity index (χ1v) is 7.22. The smallest absolute Gasteiger partial charge is 0.228 e. The predicted octanol–water partition coefficient (Wildman–Crippen LogP) is 4.31. The van der Waals surface area contributed by atoms with E-state index < -0.39 is 0 Å². The van der Waals surface area contributed by atoms with Gasteiger partial charge in [0.15, 0.2) is 0 Å². The van der Waals surface area contributed by atoms with Crippen molar-refractivity contribution in [2.75, 3.05) is 5.32 Å². The van der Waals surface area contributed by atoms with E-state index in [1.807, 2.05) is 56.3 Å². The topological polar surface area (TPSA) is 38.3 Å². The van der Waals surface area contributed by atoms with Gasteiger partial charge in [-0.1, -0.05) is 29.8 Å². The average molecular weight is 304 g/mol. The first kappa shape index (κ1) is 15.4. The molecule has 1 N–H and O–H groups in total. The second-order valence-electron chi connectivity index (χ2n) is 5.01. The molecule has 21 heavy (non-hydrogen) atoms. The van der Waals surface area contributed by atoms with Gasteiger partial charge in [0.1, 0.15) is 5.75 Å². The van der Waals surface area contributed by atoms with Crippen LogP contribution in [0.3, 0.4) is 0 Å². The second kappa shape index (κ2) is 7.14. The van der Waals surface area contributed by atoms with Gasteiger partial charge in [-0.05, 0) is 49.7 Å². The van der Waals surface area contributed by atoms with Crippen molar-refractivity contribution in [3.05, 3.63) is 59.1 Å². The monoisotopic (exact) mass is 303 g/mol. The maximum absolute atomic E-state index is 12.0. The summed E-state index contributed by atoms with van der Waals surface area (Å²) in [7, 11) is 0. The molecule has 0 saturated heterocycles. The lowest BCUT2D eigenvalue weighted by molar-refractivity contribution is -0.115. The summed E-state index contributed by atoms with van der Waals surface area (Å²) in [5.74, 6) is 0.690. The number of nitrogens with one attached hydrogen (secondary N) is 1. The van der Waals surface area contributed by atoms with Crippen molar-refractivity contribution in [2.45, 2.75) is 26.4 Å². The number of amides is 1. The van der Waals surface area contributed by atoms with Gasteiger partial charge in [0.25, 0.3) is 0 Å². The van der Waals surface area contributed by atoms with Crippen molar-refractivity contribution in [3.63, 3.8) is 0 Å². The maximum atomic E-state index is 12.0. The molecule has 0 bridgehead atoms. The van der Waals surface area contributed by atoms with Crippen LogP contribution in [0.5, 0.6) is 5.75 Å². The number of rotatable bonds is 5. The van der Waals surface area contributed by atoms with Crippen LogP contribution in [-0.4, -0.2) is 12.0 Å². The highest BCUT2D eigenvalue weighted by Crippen LogP contribution is 2.19. The van der Waals surface area contributed by atoms with Crippen LogP contribution >= 0.6 is 11.6 Å². The SMILES string of the molecule is CC(C)Oc1ccc(NC(=O)Cc2ccccc2Cl)cc1. The Kier molecular flexibility index (Phi) is 5.23. The molecule has 2 aromatic carbocycles. The van der Waals surface area contributed by atoms with Crippen LogP contribution in [0, 0.1) is 0 Å². The van der Waals surface area contributed by atoms with Crippen LogP contribution in [0.15, 0.2) is 48.5 Å². The van der Waals surface area contributed by atoms with E-state index in [0.29, 0.717) is 5.02 Å². The Labute approximate surface area is 129 Å². The highest BCUT2D eigenvalue weighted by atomic mass is 35.5. The second-order valence-corrected chi connectivity index (χ2v) is 5.41. The van der Waals surface area contributed by atoms with Crippen molar-refractivity contribution in [2.24, 2.45) is 0 Å². The van der Waals surface area contributed by atoms with Crippen molar-refractivity contribution in [3.8, 4) is 5.75 Å². The normalized spacial score (nSPS) is 10.5. The molecular formula is C17H18ClNO2. The van der Waals surface area contributed by atoms with Crippen molar-refractivity contribution in [1.82, 2.24) is 0 Å². The summed E-state index contributed by atoms with van der Waals surface area (Å²) >= 11 is 6.04. The summed E-state index contributed by atoms with van der Waals surface area (Å²) in [4.78, 5) is 12.0. The molecule has 0 aliphatic carbocycles. The highest BCUT2D eigenvalue weighted by Gasteiger charge is 2.07. The van der Waals surface area contributed by atoms with E-state index in [-0.39, 0.29) is 18.4 Å². The number of halogens is 1. The first-order valence-electron chi connectivity index (χ1n) is 6.84. The summed E-state index contributed by atoms with van der Waals surface area (Å²) < 4.78 is 5.56. The van der Waals surface area contributed by atoms with Crippen molar-refractivity contribution >= 4 is 23.2 Å². The van der Waals surface area contributed by atoms with Gasteiger partial charge >= 0.3 is 0 Å². The Morgan fingerprint density at radius 1 is 1.14 bits per heavy atom. The molecule has 0 spiro atoms. The van der Waals surface area contributed by atoms with Gasteiger partial charge < -0.3 is 10.1 Å². The Balaban J connectivity index is 1.95. The minimum absolute atomic E-state index is 0.0966. The quantitative estimate of drug-likeness (QED) is 0.894. The fourth-order valence-electron chi connectivity index (χ4n) is 1.91. The zero-order valence-corrected chi connectivity index (χ0v) is 12.9. The van der Waals surface area contributed by atoms with Crippen molar-refractivity contribution < 1.29 is 9.53 Å². The van der Waals surface area contributed by atoms with Gasteiger partial charge in [-0.25, -0.2) is 0 Å². The van der Waals surface area contributed by atoms with Gasteiger partial charge in [0.05, 0.1) is 12.5 Å². The van der Waals surface area contributed by atoms with Crippen LogP contribution in [0.1, 0.15) is 19.4 Å². The molecule has 0 aromatic heterocycles. The van der Waals surface area contributed by atoms with Crippen LogP contribution in [0.4, 0.5) is 5.69 Å². The van der Waals surface area contributed by atoms with E-state index in [9.17, 15) is 4.79 Å². The van der Waals surface area contributed by atoms with E-state index >= 15 is 0 Å². The van der Waals surface area contributed by atoms with Crippen LogP contribution in [0.2, 0.25) is 5.02 Å². The number of carbonyl (C=O) groups is 1. The first-order chi connectivity index (χ1) is 10.0. The summed E-state index contributed by atoms with van der Waals surface area (Å²) in [6.45, 7) is 3.94. The number of hydrogen-bond donors (Lipinski definition) is 1. The zero-order valence-electron chi connectivity index (χ0n) is 12.1. The molecule has 0 radical (unpaired) electrons. The summed E-state index contributed by atoms with van der Waals surface area (Å²) in [6.07, 6.45) is 0.384. The summed E-state index contributed by atoms with van der Waals surface area (Å²) in [5.41, 5.74) is 1.56. The number of benzene rings is 2. The van der Waals surface area contributed by atoms with Gasteiger partial charge in [-0.3, -0.25) is 4.79 Å². The molecule has 110 valence electrons. The number of carbonyl (C=O) groups excluding carboxylic acids is 1. The van der Waals surface area contributed by atoms with Crippen LogP contribution in [0.25, 0.3) is 0 Å². The number of ether oxygens (including phenoxy) is 1. The third-order valence-corrected chi connectivity index (χ3v) is 3.19. The Hall–Kier alpha value is -2.00. The van der Waals surface area contributed by atoms with Crippen LogP contribution in [-0.2, 0) is 11.2 Å². The largest absolute Gasteiger partial charge is 0.491 e. The van der Waals surface area contributed by atoms with Gasteiger partial charge in [0, 0.05) is 10.7 Å². The molecular weight excluding hydrogens is 286 g/mol. The van der Waals surface area contributed by atoms with E-state index in [1.165, 1.54) is 0 Å². The Bertz CT molecular complexity index is 608. The van der Waals surface area contributed by atoms with E-state index in [2.05, 4.69) is 5.32 Å². The fraction of sp³-hybridized carbons (Fsp3) is 0.235. The number of anilines is 1. The van der Waals surface area contributed by atoms with Gasteiger partial charge in [-0.2, -0.15) is 0 Å². The molecule has 0 atom stereocenters. The molecule has 0 aliphatic heterocycles. The molecule has 2 aromatic rings. The molecule has 0 unspecified atom stereocenters.